The summed E-state index contributed by atoms with van der Waals surface area (Å²) in [4.78, 5) is 21.0. The molecule has 0 heterocycles. The zero-order valence-electron chi connectivity index (χ0n) is 13.6. The molecular weight excluding hydrogens is 316 g/mol. The maximum absolute atomic E-state index is 10.5. The second-order valence-electron chi connectivity index (χ2n) is 5.56. The van der Waals surface area contributed by atoms with Crippen LogP contribution in [0.3, 0.4) is 0 Å². The summed E-state index contributed by atoms with van der Waals surface area (Å²) in [6, 6.07) is 19.8. The molecule has 124 valence electrons. The molecule has 0 spiro atoms. The monoisotopic (exact) mass is 332 g/mol. The Morgan fingerprint density at radius 3 is 1.64 bits per heavy atom. The van der Waals surface area contributed by atoms with Gasteiger partial charge in [-0.05, 0) is 83.5 Å². The number of benzene rings is 3. The molecule has 6 heteroatoms. The molecule has 0 unspecified atom stereocenters. The van der Waals surface area contributed by atoms with E-state index >= 15 is 0 Å². The van der Waals surface area contributed by atoms with Crippen LogP contribution in [-0.2, 0) is 0 Å². The van der Waals surface area contributed by atoms with Crippen LogP contribution in [0.15, 0.2) is 77.1 Å². The van der Waals surface area contributed by atoms with Crippen molar-refractivity contribution in [2.24, 2.45) is 10.4 Å². The molecule has 0 aliphatic heterocycles. The van der Waals surface area contributed by atoms with Gasteiger partial charge in [0.25, 0.3) is 0 Å². The van der Waals surface area contributed by atoms with Gasteiger partial charge in [0.15, 0.2) is 0 Å². The fourth-order valence-corrected chi connectivity index (χ4v) is 2.37. The van der Waals surface area contributed by atoms with Gasteiger partial charge in [-0.1, -0.05) is 6.07 Å². The molecule has 3 rings (SSSR count). The predicted octanol–water partition coefficient (Wildman–Crippen LogP) is 6.28. The van der Waals surface area contributed by atoms with Crippen LogP contribution in [-0.4, -0.2) is 0 Å². The van der Waals surface area contributed by atoms with Crippen molar-refractivity contribution >= 4 is 34.1 Å². The molecule has 0 aliphatic rings. The third-order valence-corrected chi connectivity index (χ3v) is 3.75. The van der Waals surface area contributed by atoms with Gasteiger partial charge < -0.3 is 10.6 Å². The van der Waals surface area contributed by atoms with E-state index in [1.807, 2.05) is 25.1 Å². The van der Waals surface area contributed by atoms with Crippen molar-refractivity contribution in [2.45, 2.75) is 6.92 Å². The minimum absolute atomic E-state index is 0.394. The Balaban J connectivity index is 1.78. The number of nitrogens with one attached hydrogen (secondary N) is 2. The number of hydrogen-bond donors (Lipinski definition) is 2. The van der Waals surface area contributed by atoms with Crippen LogP contribution in [0.1, 0.15) is 5.56 Å². The fourth-order valence-electron chi connectivity index (χ4n) is 2.37. The lowest BCUT2D eigenvalue weighted by molar-refractivity contribution is 1.41. The molecule has 0 saturated heterocycles. The van der Waals surface area contributed by atoms with Crippen molar-refractivity contribution in [3.05, 3.63) is 82.1 Å². The summed E-state index contributed by atoms with van der Waals surface area (Å²) in [5, 5.41) is 12.4. The van der Waals surface area contributed by atoms with Crippen molar-refractivity contribution < 1.29 is 0 Å². The molecule has 0 amide bonds. The van der Waals surface area contributed by atoms with Crippen LogP contribution in [0.5, 0.6) is 0 Å². The molecule has 0 bridgehead atoms. The molecule has 0 radical (unpaired) electrons. The zero-order chi connectivity index (χ0) is 17.6. The molecule has 0 aliphatic carbocycles. The number of aryl methyl sites for hydroxylation is 1. The largest absolute Gasteiger partial charge is 0.355 e. The van der Waals surface area contributed by atoms with Crippen molar-refractivity contribution in [2.75, 3.05) is 10.6 Å². The highest BCUT2D eigenvalue weighted by Gasteiger charge is 2.03. The van der Waals surface area contributed by atoms with E-state index in [2.05, 4.69) is 21.0 Å². The summed E-state index contributed by atoms with van der Waals surface area (Å²) in [6.45, 7) is 2.01. The van der Waals surface area contributed by atoms with Crippen LogP contribution in [0.25, 0.3) is 0 Å². The van der Waals surface area contributed by atoms with Gasteiger partial charge in [0.05, 0.1) is 0 Å². The third-order valence-electron chi connectivity index (χ3n) is 3.75. The van der Waals surface area contributed by atoms with Gasteiger partial charge >= 0.3 is 0 Å². The molecule has 3 aromatic carbocycles. The van der Waals surface area contributed by atoms with E-state index < -0.39 is 0 Å². The Morgan fingerprint density at radius 2 is 1.12 bits per heavy atom. The molecular formula is C19H16N4O2. The number of nitrogens with zero attached hydrogens (tertiary/aromatic N) is 2. The van der Waals surface area contributed by atoms with Crippen LogP contribution in [0, 0.1) is 16.7 Å². The van der Waals surface area contributed by atoms with Gasteiger partial charge in [-0.15, -0.1) is 9.81 Å². The van der Waals surface area contributed by atoms with E-state index in [0.29, 0.717) is 11.4 Å². The minimum atomic E-state index is 0.394. The van der Waals surface area contributed by atoms with Crippen LogP contribution in [0.4, 0.5) is 34.1 Å². The normalized spacial score (nSPS) is 10.1. The highest BCUT2D eigenvalue weighted by Crippen LogP contribution is 2.27. The summed E-state index contributed by atoms with van der Waals surface area (Å²) < 4.78 is 0. The van der Waals surface area contributed by atoms with Crippen molar-refractivity contribution in [1.29, 1.82) is 0 Å². The summed E-state index contributed by atoms with van der Waals surface area (Å²) in [7, 11) is 0. The first kappa shape index (κ1) is 16.3. The summed E-state index contributed by atoms with van der Waals surface area (Å²) in [5.41, 5.74) is 5.46. The SMILES string of the molecule is Cc1ccc(Nc2ccc(N=O)cc2)cc1Nc1ccc(N=O)cc1. The Labute approximate surface area is 144 Å². The lowest BCUT2D eigenvalue weighted by atomic mass is 10.1. The van der Waals surface area contributed by atoms with Gasteiger partial charge in [-0.3, -0.25) is 0 Å². The van der Waals surface area contributed by atoms with E-state index in [4.69, 9.17) is 0 Å². The molecule has 6 nitrogen and oxygen atoms in total. The molecule has 0 saturated carbocycles. The summed E-state index contributed by atoms with van der Waals surface area (Å²) in [5.74, 6) is 0. The summed E-state index contributed by atoms with van der Waals surface area (Å²) in [6.07, 6.45) is 0. The molecule has 0 atom stereocenters. The third kappa shape index (κ3) is 4.06. The Kier molecular flexibility index (Phi) is 4.80. The maximum Gasteiger partial charge on any atom is 0.108 e. The van der Waals surface area contributed by atoms with E-state index in [-0.39, 0.29) is 0 Å². The first-order valence-electron chi connectivity index (χ1n) is 7.69. The van der Waals surface area contributed by atoms with Gasteiger partial charge in [0, 0.05) is 22.7 Å². The molecule has 3 aromatic rings. The van der Waals surface area contributed by atoms with Crippen LogP contribution < -0.4 is 10.6 Å². The van der Waals surface area contributed by atoms with Crippen molar-refractivity contribution in [3.8, 4) is 0 Å². The smallest absolute Gasteiger partial charge is 0.108 e. The average molecular weight is 332 g/mol. The van der Waals surface area contributed by atoms with Crippen molar-refractivity contribution in [3.63, 3.8) is 0 Å². The minimum Gasteiger partial charge on any atom is -0.355 e. The Hall–Kier alpha value is -3.54. The van der Waals surface area contributed by atoms with E-state index in [9.17, 15) is 9.81 Å². The topological polar surface area (TPSA) is 82.9 Å². The number of rotatable bonds is 6. The highest BCUT2D eigenvalue weighted by atomic mass is 16.3. The number of hydrogen-bond acceptors (Lipinski definition) is 6. The second-order valence-corrected chi connectivity index (χ2v) is 5.56. The van der Waals surface area contributed by atoms with Gasteiger partial charge in [0.2, 0.25) is 0 Å². The Morgan fingerprint density at radius 1 is 0.640 bits per heavy atom. The first-order valence-corrected chi connectivity index (χ1v) is 7.69. The molecule has 0 fully saturated rings. The second kappa shape index (κ2) is 7.35. The molecule has 25 heavy (non-hydrogen) atoms. The molecule has 2 N–H and O–H groups in total. The van der Waals surface area contributed by atoms with E-state index in [1.54, 1.807) is 48.5 Å². The van der Waals surface area contributed by atoms with Crippen molar-refractivity contribution in [1.82, 2.24) is 0 Å². The fraction of sp³-hybridized carbons (Fsp3) is 0.0526. The average Bonchev–Trinajstić information content (AvgIpc) is 2.66. The highest BCUT2D eigenvalue weighted by molar-refractivity contribution is 5.71. The van der Waals surface area contributed by atoms with Gasteiger partial charge in [0.1, 0.15) is 11.4 Å². The number of nitroso groups, excluding NO2 is 2. The van der Waals surface area contributed by atoms with Gasteiger partial charge in [-0.25, -0.2) is 0 Å². The number of anilines is 4. The molecule has 0 aromatic heterocycles. The quantitative estimate of drug-likeness (QED) is 0.520. The Bertz CT molecular complexity index is 890. The van der Waals surface area contributed by atoms with Gasteiger partial charge in [-0.2, -0.15) is 0 Å². The lowest BCUT2D eigenvalue weighted by Crippen LogP contribution is -1.96. The van der Waals surface area contributed by atoms with E-state index in [1.165, 1.54) is 0 Å². The zero-order valence-corrected chi connectivity index (χ0v) is 13.6. The maximum atomic E-state index is 10.5. The van der Waals surface area contributed by atoms with Crippen LogP contribution in [0.2, 0.25) is 0 Å². The standard InChI is InChI=1S/C19H16N4O2/c1-13-2-3-18(20-14-4-8-16(22-24)9-5-14)12-19(13)21-15-6-10-17(23-25)11-7-15/h2-12,20-21H,1H3. The summed E-state index contributed by atoms with van der Waals surface area (Å²) >= 11 is 0. The first-order chi connectivity index (χ1) is 12.2. The lowest BCUT2D eigenvalue weighted by Gasteiger charge is -2.13. The van der Waals surface area contributed by atoms with E-state index in [0.717, 1.165) is 28.3 Å². The van der Waals surface area contributed by atoms with Crippen LogP contribution >= 0.6 is 0 Å². The predicted molar refractivity (Wildman–Crippen MR) is 102 cm³/mol.